The highest BCUT2D eigenvalue weighted by molar-refractivity contribution is 7.90. The van der Waals surface area contributed by atoms with E-state index in [-0.39, 0.29) is 0 Å². The first-order valence-electron chi connectivity index (χ1n) is 1.24. The van der Waals surface area contributed by atoms with E-state index in [1.807, 2.05) is 5.66 Å². The van der Waals surface area contributed by atoms with E-state index in [2.05, 4.69) is 0 Å². The fourth-order valence-electron chi connectivity index (χ4n) is 0.0722. The van der Waals surface area contributed by atoms with Crippen LogP contribution in [-0.2, 0) is 10.1 Å². The maximum Gasteiger partial charge on any atom is 0.165 e. The smallest absolute Gasteiger partial charge is 0.165 e. The fourth-order valence-corrected chi connectivity index (χ4v) is 0.650. The van der Waals surface area contributed by atoms with Gasteiger partial charge < -0.3 is 4.55 Å². The zero-order valence-electron chi connectivity index (χ0n) is 3.21. The Morgan fingerprint density at radius 3 is 2.00 bits per heavy atom. The van der Waals surface area contributed by atoms with Crippen molar-refractivity contribution in [2.45, 2.75) is 0 Å². The number of hydrogen-bond donors (Lipinski definition) is 0. The summed E-state index contributed by atoms with van der Waals surface area (Å²) in [5, 5.41) is 1.41. The maximum absolute atomic E-state index is 9.49. The van der Waals surface area contributed by atoms with Crippen molar-refractivity contribution in [2.24, 2.45) is 0 Å². The molecule has 0 rings (SSSR count). The van der Waals surface area contributed by atoms with E-state index in [0.29, 0.717) is 0 Å². The quantitative estimate of drug-likeness (QED) is 0.252. The van der Waals surface area contributed by atoms with Crippen LogP contribution < -0.4 is 0 Å². The summed E-state index contributed by atoms with van der Waals surface area (Å²) in [7, 11) is -2.50. The molecule has 0 aliphatic carbocycles. The summed E-state index contributed by atoms with van der Waals surface area (Å²) in [6.45, 7) is 0. The van der Waals surface area contributed by atoms with E-state index in [1.54, 1.807) is 9.24 Å². The lowest BCUT2D eigenvalue weighted by atomic mass is 11.4. The second-order valence-corrected chi connectivity index (χ2v) is 2.10. The average molecular weight is 137 g/mol. The van der Waals surface area contributed by atoms with E-state index < -0.39 is 10.1 Å². The molecule has 1 atom stereocenters. The first-order valence-corrected chi connectivity index (χ1v) is 3.23. The van der Waals surface area contributed by atoms with Gasteiger partial charge in [-0.15, -0.1) is 0 Å². The molecule has 0 aromatic carbocycles. The van der Waals surface area contributed by atoms with Crippen molar-refractivity contribution in [1.82, 2.24) is 0 Å². The molecule has 1 unspecified atom stereocenters. The SMILES string of the molecule is O=S(=O)([O-])C#CP. The van der Waals surface area contributed by atoms with Crippen molar-refractivity contribution >= 4 is 19.4 Å². The Bertz CT molecular complexity index is 193. The zero-order chi connectivity index (χ0) is 5.91. The van der Waals surface area contributed by atoms with Crippen LogP contribution in [0.2, 0.25) is 0 Å². The molecule has 5 heteroatoms. The normalized spacial score (nSPS) is 9.43. The summed E-state index contributed by atoms with van der Waals surface area (Å²) in [5.41, 5.74) is 1.87. The predicted molar refractivity (Wildman–Crippen MR) is 27.2 cm³/mol. The van der Waals surface area contributed by atoms with Crippen molar-refractivity contribution in [1.29, 1.82) is 0 Å². The van der Waals surface area contributed by atoms with Crippen LogP contribution in [0.3, 0.4) is 0 Å². The molecule has 3 nitrogen and oxygen atoms in total. The molecule has 0 saturated heterocycles. The van der Waals surface area contributed by atoms with Crippen molar-refractivity contribution in [3.05, 3.63) is 0 Å². The van der Waals surface area contributed by atoms with Gasteiger partial charge in [0.1, 0.15) is 0 Å². The van der Waals surface area contributed by atoms with Gasteiger partial charge >= 0.3 is 0 Å². The largest absolute Gasteiger partial charge is 0.738 e. The molecule has 0 spiro atoms. The highest BCUT2D eigenvalue weighted by atomic mass is 32.2. The number of rotatable bonds is 0. The number of hydrogen-bond acceptors (Lipinski definition) is 3. The first-order chi connectivity index (χ1) is 3.06. The van der Waals surface area contributed by atoms with Crippen LogP contribution in [0.15, 0.2) is 0 Å². The van der Waals surface area contributed by atoms with Crippen LogP contribution in [0.25, 0.3) is 0 Å². The van der Waals surface area contributed by atoms with Crippen LogP contribution in [0.5, 0.6) is 0 Å². The lowest BCUT2D eigenvalue weighted by Gasteiger charge is -1.90. The van der Waals surface area contributed by atoms with Crippen molar-refractivity contribution < 1.29 is 13.0 Å². The highest BCUT2D eigenvalue weighted by Crippen LogP contribution is 1.76. The molecule has 0 aromatic rings. The van der Waals surface area contributed by atoms with Gasteiger partial charge in [-0.3, -0.25) is 0 Å². The van der Waals surface area contributed by atoms with Gasteiger partial charge in [0, 0.05) is 5.25 Å². The molecule has 0 aliphatic rings. The molecule has 0 N–H and O–H groups in total. The summed E-state index contributed by atoms with van der Waals surface area (Å²) < 4.78 is 28.5. The topological polar surface area (TPSA) is 57.2 Å². The van der Waals surface area contributed by atoms with E-state index in [1.165, 1.54) is 5.25 Å². The van der Waals surface area contributed by atoms with Crippen LogP contribution in [-0.4, -0.2) is 13.0 Å². The van der Waals surface area contributed by atoms with Gasteiger partial charge in [0.25, 0.3) is 0 Å². The van der Waals surface area contributed by atoms with E-state index in [4.69, 9.17) is 0 Å². The highest BCUT2D eigenvalue weighted by Gasteiger charge is 1.75. The third-order valence-corrected chi connectivity index (χ3v) is 0.905. The van der Waals surface area contributed by atoms with Crippen molar-refractivity contribution in [3.63, 3.8) is 0 Å². The molecular weight excluding hydrogens is 135 g/mol. The lowest BCUT2D eigenvalue weighted by Crippen LogP contribution is -1.89. The minimum atomic E-state index is -4.31. The van der Waals surface area contributed by atoms with Gasteiger partial charge in [0.15, 0.2) is 10.1 Å². The molecule has 0 radical (unpaired) electrons. The van der Waals surface area contributed by atoms with Gasteiger partial charge in [-0.1, -0.05) is 14.9 Å². The lowest BCUT2D eigenvalue weighted by molar-refractivity contribution is 0.476. The second kappa shape index (κ2) is 2.27. The fraction of sp³-hybridized carbons (Fsp3) is 0. The minimum absolute atomic E-state index is 1.41. The van der Waals surface area contributed by atoms with Gasteiger partial charge in [0.05, 0.1) is 0 Å². The summed E-state index contributed by atoms with van der Waals surface area (Å²) in [6, 6.07) is 0. The van der Waals surface area contributed by atoms with E-state index in [9.17, 15) is 13.0 Å². The third kappa shape index (κ3) is 5.90. The van der Waals surface area contributed by atoms with Crippen LogP contribution >= 0.6 is 9.24 Å². The standard InChI is InChI=1S/C2H3O3PS/c3-7(4,5)2-1-6/h6H2,(H,3,4,5)/p-1. The molecule has 0 fully saturated rings. The van der Waals surface area contributed by atoms with Gasteiger partial charge in [-0.2, -0.15) is 0 Å². The van der Waals surface area contributed by atoms with Gasteiger partial charge in [-0.05, 0) is 0 Å². The van der Waals surface area contributed by atoms with Gasteiger partial charge in [-0.25, -0.2) is 8.42 Å². The second-order valence-electron chi connectivity index (χ2n) is 0.701. The van der Waals surface area contributed by atoms with Crippen molar-refractivity contribution in [3.8, 4) is 10.9 Å². The Morgan fingerprint density at radius 1 is 1.57 bits per heavy atom. The summed E-state index contributed by atoms with van der Waals surface area (Å²) in [5.74, 6) is 0. The molecule has 0 saturated carbocycles. The monoisotopic (exact) mass is 137 g/mol. The van der Waals surface area contributed by atoms with Crippen LogP contribution in [0.4, 0.5) is 0 Å². The summed E-state index contributed by atoms with van der Waals surface area (Å²) in [4.78, 5) is 0. The Balaban J connectivity index is 4.34. The van der Waals surface area contributed by atoms with Crippen LogP contribution in [0.1, 0.15) is 0 Å². The Labute approximate surface area is 44.1 Å². The average Bonchev–Trinajstić information content (AvgIpc) is 1.30. The summed E-state index contributed by atoms with van der Waals surface area (Å²) in [6.07, 6.45) is 0. The Kier molecular flexibility index (Phi) is 2.24. The maximum atomic E-state index is 9.49. The van der Waals surface area contributed by atoms with Crippen molar-refractivity contribution in [2.75, 3.05) is 0 Å². The molecule has 0 amide bonds. The van der Waals surface area contributed by atoms with Gasteiger partial charge in [0.2, 0.25) is 0 Å². The minimum Gasteiger partial charge on any atom is -0.738 e. The van der Waals surface area contributed by atoms with E-state index >= 15 is 0 Å². The molecule has 7 heavy (non-hydrogen) atoms. The molecular formula is C2H2O3PS-. The molecule has 40 valence electrons. The third-order valence-electron chi connectivity index (χ3n) is 0.184. The van der Waals surface area contributed by atoms with E-state index in [0.717, 1.165) is 0 Å². The molecule has 0 aliphatic heterocycles. The zero-order valence-corrected chi connectivity index (χ0v) is 5.18. The molecule has 0 heterocycles. The Hall–Kier alpha value is -0.100. The van der Waals surface area contributed by atoms with Crippen LogP contribution in [0, 0.1) is 10.9 Å². The first kappa shape index (κ1) is 6.90. The molecule has 0 bridgehead atoms. The Morgan fingerprint density at radius 2 is 2.00 bits per heavy atom. The predicted octanol–water partition coefficient (Wildman–Crippen LogP) is -0.675. The molecule has 0 aromatic heterocycles. The summed E-state index contributed by atoms with van der Waals surface area (Å²) >= 11 is 0.